The lowest BCUT2D eigenvalue weighted by molar-refractivity contribution is -0.141. The molecule has 1 heterocycles. The van der Waals surface area contributed by atoms with E-state index in [1.165, 1.54) is 23.3 Å². The van der Waals surface area contributed by atoms with Gasteiger partial charge in [0.2, 0.25) is 10.0 Å². The first-order valence-corrected chi connectivity index (χ1v) is 8.31. The van der Waals surface area contributed by atoms with Gasteiger partial charge in [-0.15, -0.1) is 11.3 Å². The molecule has 1 aliphatic carbocycles. The number of hydrogen-bond donors (Lipinski definition) is 2. The van der Waals surface area contributed by atoms with Gasteiger partial charge in [-0.2, -0.15) is 0 Å². The van der Waals surface area contributed by atoms with Crippen LogP contribution in [-0.4, -0.2) is 42.4 Å². The summed E-state index contributed by atoms with van der Waals surface area (Å²) in [7, 11) is -3.85. The average Bonchev–Trinajstić information content (AvgIpc) is 3.03. The van der Waals surface area contributed by atoms with Crippen LogP contribution in [0.15, 0.2) is 15.7 Å². The first kappa shape index (κ1) is 14.9. The highest BCUT2D eigenvalue weighted by Crippen LogP contribution is 2.31. The van der Waals surface area contributed by atoms with E-state index in [1.807, 2.05) is 0 Å². The fraction of sp³-hybridized carbons (Fsp3) is 0.455. The van der Waals surface area contributed by atoms with Crippen molar-refractivity contribution in [1.82, 2.24) is 4.90 Å². The van der Waals surface area contributed by atoms with Gasteiger partial charge in [-0.3, -0.25) is 4.79 Å². The van der Waals surface area contributed by atoms with Crippen LogP contribution in [0.5, 0.6) is 0 Å². The number of nitrogens with zero attached hydrogens (tertiary/aromatic N) is 1. The molecule has 1 atom stereocenters. The first-order valence-electron chi connectivity index (χ1n) is 5.88. The molecule has 3 N–H and O–H groups in total. The zero-order valence-corrected chi connectivity index (χ0v) is 12.3. The number of thiophene rings is 1. The van der Waals surface area contributed by atoms with Crippen molar-refractivity contribution in [1.29, 1.82) is 0 Å². The molecule has 1 unspecified atom stereocenters. The van der Waals surface area contributed by atoms with Crippen molar-refractivity contribution < 1.29 is 23.1 Å². The summed E-state index contributed by atoms with van der Waals surface area (Å²) < 4.78 is 22.3. The number of carboxylic acid groups (broad SMARTS) is 1. The molecule has 1 saturated carbocycles. The molecule has 2 rings (SSSR count). The Morgan fingerprint density at radius 2 is 2.10 bits per heavy atom. The Bertz CT molecular complexity index is 648. The standard InChI is InChI=1S/C11H14N2O5S2/c1-6(11(15)16)13(8-2-3-8)10(14)7-4-9(19-5-7)20(12,17)18/h4-6,8H,2-3H2,1H3,(H,15,16)(H2,12,17,18). The summed E-state index contributed by atoms with van der Waals surface area (Å²) in [5, 5.41) is 15.4. The lowest BCUT2D eigenvalue weighted by atomic mass is 10.2. The van der Waals surface area contributed by atoms with Crippen LogP contribution in [0.25, 0.3) is 0 Å². The topological polar surface area (TPSA) is 118 Å². The van der Waals surface area contributed by atoms with Gasteiger partial charge in [0, 0.05) is 11.4 Å². The van der Waals surface area contributed by atoms with Crippen molar-refractivity contribution in [3.8, 4) is 0 Å². The molecular formula is C11H14N2O5S2. The van der Waals surface area contributed by atoms with Crippen LogP contribution in [0.2, 0.25) is 0 Å². The molecule has 0 aliphatic heterocycles. The molecule has 7 nitrogen and oxygen atoms in total. The summed E-state index contributed by atoms with van der Waals surface area (Å²) in [6.45, 7) is 1.44. The highest BCUT2D eigenvalue weighted by atomic mass is 32.2. The third-order valence-corrected chi connectivity index (χ3v) is 5.44. The summed E-state index contributed by atoms with van der Waals surface area (Å²) in [5.41, 5.74) is 0.152. The number of carbonyl (C=O) groups excluding carboxylic acids is 1. The zero-order valence-electron chi connectivity index (χ0n) is 10.6. The number of amides is 1. The summed E-state index contributed by atoms with van der Waals surface area (Å²) >= 11 is 0.847. The van der Waals surface area contributed by atoms with E-state index >= 15 is 0 Å². The second-order valence-electron chi connectivity index (χ2n) is 4.66. The monoisotopic (exact) mass is 318 g/mol. The molecule has 1 aromatic heterocycles. The summed E-state index contributed by atoms with van der Waals surface area (Å²) in [4.78, 5) is 24.7. The van der Waals surface area contributed by atoms with Crippen molar-refractivity contribution in [2.24, 2.45) is 5.14 Å². The van der Waals surface area contributed by atoms with Gasteiger partial charge in [-0.05, 0) is 25.8 Å². The number of primary sulfonamides is 1. The summed E-state index contributed by atoms with van der Waals surface area (Å²) in [6, 6.07) is 0.144. The Kier molecular flexibility index (Phi) is 3.85. The van der Waals surface area contributed by atoms with E-state index < -0.39 is 27.9 Å². The van der Waals surface area contributed by atoms with Crippen molar-refractivity contribution in [2.75, 3.05) is 0 Å². The van der Waals surface area contributed by atoms with Crippen molar-refractivity contribution in [2.45, 2.75) is 36.1 Å². The molecule has 0 aromatic carbocycles. The number of nitrogens with two attached hydrogens (primary N) is 1. The molecule has 1 aliphatic rings. The Balaban J connectivity index is 2.28. The predicted octanol–water partition coefficient (Wildman–Crippen LogP) is 0.473. The maximum atomic E-state index is 12.3. The van der Waals surface area contributed by atoms with E-state index in [9.17, 15) is 18.0 Å². The Morgan fingerprint density at radius 1 is 1.50 bits per heavy atom. The van der Waals surface area contributed by atoms with Crippen LogP contribution in [0.3, 0.4) is 0 Å². The number of sulfonamides is 1. The summed E-state index contributed by atoms with van der Waals surface area (Å²) in [6.07, 6.45) is 1.52. The highest BCUT2D eigenvalue weighted by molar-refractivity contribution is 7.91. The molecule has 1 fully saturated rings. The number of carbonyl (C=O) groups is 2. The second kappa shape index (κ2) is 5.15. The minimum absolute atomic E-state index is 0.0913. The fourth-order valence-electron chi connectivity index (χ4n) is 1.86. The van der Waals surface area contributed by atoms with E-state index in [2.05, 4.69) is 0 Å². The molecule has 1 aromatic rings. The normalized spacial score (nSPS) is 16.7. The van der Waals surface area contributed by atoms with Crippen molar-refractivity contribution in [3.63, 3.8) is 0 Å². The average molecular weight is 318 g/mol. The Morgan fingerprint density at radius 3 is 2.50 bits per heavy atom. The van der Waals surface area contributed by atoms with Gasteiger partial charge in [-0.25, -0.2) is 18.4 Å². The molecule has 20 heavy (non-hydrogen) atoms. The van der Waals surface area contributed by atoms with Crippen LogP contribution in [-0.2, 0) is 14.8 Å². The maximum absolute atomic E-state index is 12.3. The first-order chi connectivity index (χ1) is 9.21. The van der Waals surface area contributed by atoms with Crippen LogP contribution in [0, 0.1) is 0 Å². The lowest BCUT2D eigenvalue weighted by Gasteiger charge is -2.26. The van der Waals surface area contributed by atoms with Crippen LogP contribution in [0.1, 0.15) is 30.1 Å². The SMILES string of the molecule is CC(C(=O)O)N(C(=O)c1csc(S(N)(=O)=O)c1)C1CC1. The molecule has 0 radical (unpaired) electrons. The van der Waals surface area contributed by atoms with Gasteiger partial charge in [0.05, 0.1) is 5.56 Å². The smallest absolute Gasteiger partial charge is 0.326 e. The molecule has 0 spiro atoms. The highest BCUT2D eigenvalue weighted by Gasteiger charge is 2.39. The van der Waals surface area contributed by atoms with Crippen LogP contribution < -0.4 is 5.14 Å². The van der Waals surface area contributed by atoms with Gasteiger partial charge < -0.3 is 10.0 Å². The molecule has 0 saturated heterocycles. The minimum Gasteiger partial charge on any atom is -0.480 e. The maximum Gasteiger partial charge on any atom is 0.326 e. The van der Waals surface area contributed by atoms with Crippen molar-refractivity contribution >= 4 is 33.2 Å². The largest absolute Gasteiger partial charge is 0.480 e. The number of aliphatic carboxylic acids is 1. The van der Waals surface area contributed by atoms with E-state index in [1.54, 1.807) is 0 Å². The Hall–Kier alpha value is -1.45. The summed E-state index contributed by atoms with van der Waals surface area (Å²) in [5.74, 6) is -1.57. The van der Waals surface area contributed by atoms with Crippen LogP contribution >= 0.6 is 11.3 Å². The molecule has 1 amide bonds. The third-order valence-electron chi connectivity index (χ3n) is 3.05. The third kappa shape index (κ3) is 3.00. The molecular weight excluding hydrogens is 304 g/mol. The van der Waals surface area contributed by atoms with Crippen molar-refractivity contribution in [3.05, 3.63) is 17.0 Å². The van der Waals surface area contributed by atoms with Gasteiger partial charge in [-0.1, -0.05) is 0 Å². The van der Waals surface area contributed by atoms with Gasteiger partial charge >= 0.3 is 5.97 Å². The molecule has 9 heteroatoms. The van der Waals surface area contributed by atoms with Gasteiger partial charge in [0.1, 0.15) is 10.3 Å². The Labute approximate surface area is 120 Å². The number of carboxylic acids is 1. The zero-order chi connectivity index (χ0) is 15.1. The number of rotatable bonds is 5. The molecule has 0 bridgehead atoms. The van der Waals surface area contributed by atoms with E-state index in [-0.39, 0.29) is 15.8 Å². The predicted molar refractivity (Wildman–Crippen MR) is 72.0 cm³/mol. The second-order valence-corrected chi connectivity index (χ2v) is 7.36. The van der Waals surface area contributed by atoms with E-state index in [0.717, 1.165) is 24.2 Å². The van der Waals surface area contributed by atoms with E-state index in [4.69, 9.17) is 10.2 Å². The fourth-order valence-corrected chi connectivity index (χ4v) is 3.44. The van der Waals surface area contributed by atoms with Crippen LogP contribution in [0.4, 0.5) is 0 Å². The van der Waals surface area contributed by atoms with E-state index in [0.29, 0.717) is 0 Å². The molecule has 110 valence electrons. The minimum atomic E-state index is -3.85. The van der Waals surface area contributed by atoms with Gasteiger partial charge in [0.15, 0.2) is 0 Å². The lowest BCUT2D eigenvalue weighted by Crippen LogP contribution is -2.44. The number of hydrogen-bond acceptors (Lipinski definition) is 5. The van der Waals surface area contributed by atoms with Gasteiger partial charge in [0.25, 0.3) is 5.91 Å². The quantitative estimate of drug-likeness (QED) is 0.818.